The fraction of sp³-hybridized carbons (Fsp3) is 0.233. The van der Waals surface area contributed by atoms with Gasteiger partial charge in [0.15, 0.2) is 5.82 Å². The predicted molar refractivity (Wildman–Crippen MR) is 147 cm³/mol. The molecule has 2 N–H and O–H groups in total. The quantitative estimate of drug-likeness (QED) is 0.305. The van der Waals surface area contributed by atoms with E-state index in [0.29, 0.717) is 24.4 Å². The van der Waals surface area contributed by atoms with Crippen molar-refractivity contribution in [3.8, 4) is 0 Å². The van der Waals surface area contributed by atoms with Crippen LogP contribution in [-0.4, -0.2) is 50.9 Å². The number of carbonyl (C=O) groups is 2. The van der Waals surface area contributed by atoms with E-state index in [1.807, 2.05) is 96.5 Å². The lowest BCUT2D eigenvalue weighted by atomic mass is 10.0. The fourth-order valence-corrected chi connectivity index (χ4v) is 4.92. The summed E-state index contributed by atoms with van der Waals surface area (Å²) in [6, 6.07) is 25.6. The normalized spacial score (nSPS) is 12.1. The number of H-pyrrole nitrogens is 1. The molecule has 188 valence electrons. The highest BCUT2D eigenvalue weighted by Crippen LogP contribution is 2.22. The molecule has 37 heavy (non-hydrogen) atoms. The van der Waals surface area contributed by atoms with E-state index in [-0.39, 0.29) is 17.9 Å². The summed E-state index contributed by atoms with van der Waals surface area (Å²) < 4.78 is 1.81. The number of hydrogen-bond donors (Lipinski definition) is 2. The van der Waals surface area contributed by atoms with Crippen molar-refractivity contribution in [3.05, 3.63) is 102 Å². The van der Waals surface area contributed by atoms with Gasteiger partial charge in [0.25, 0.3) is 11.8 Å². The average Bonchev–Trinajstić information content (AvgIpc) is 3.55. The van der Waals surface area contributed by atoms with E-state index in [1.54, 1.807) is 0 Å². The fourth-order valence-electron chi connectivity index (χ4n) is 4.92. The second-order valence-electron chi connectivity index (χ2n) is 9.37. The molecule has 0 aliphatic rings. The second kappa shape index (κ2) is 10.7. The summed E-state index contributed by atoms with van der Waals surface area (Å²) in [7, 11) is 3.71. The minimum atomic E-state index is -0.216. The van der Waals surface area contributed by atoms with Crippen LogP contribution in [0.2, 0.25) is 0 Å². The zero-order valence-electron chi connectivity index (χ0n) is 21.1. The first-order chi connectivity index (χ1) is 18.0. The predicted octanol–water partition coefficient (Wildman–Crippen LogP) is 4.95. The van der Waals surface area contributed by atoms with E-state index >= 15 is 0 Å². The Morgan fingerprint density at radius 2 is 1.76 bits per heavy atom. The minimum absolute atomic E-state index is 0.0232. The third-order valence-electron chi connectivity index (χ3n) is 7.06. The van der Waals surface area contributed by atoms with Crippen molar-refractivity contribution in [1.82, 2.24) is 24.8 Å². The van der Waals surface area contributed by atoms with Gasteiger partial charge in [-0.05, 0) is 55.2 Å². The zero-order valence-corrected chi connectivity index (χ0v) is 21.1. The lowest BCUT2D eigenvalue weighted by molar-refractivity contribution is 0.0717. The number of aryl methyl sites for hydroxylation is 2. The summed E-state index contributed by atoms with van der Waals surface area (Å²) in [5, 5.41) is 3.94. The largest absolute Gasteiger partial charge is 0.361 e. The molecule has 5 aromatic rings. The number of carbonyl (C=O) groups excluding carboxylic acids is 2. The van der Waals surface area contributed by atoms with E-state index in [1.165, 1.54) is 5.56 Å². The van der Waals surface area contributed by atoms with E-state index < -0.39 is 0 Å². The van der Waals surface area contributed by atoms with E-state index in [4.69, 9.17) is 0 Å². The Hall–Kier alpha value is -4.39. The van der Waals surface area contributed by atoms with Crippen LogP contribution in [0.3, 0.4) is 0 Å². The van der Waals surface area contributed by atoms with Crippen molar-refractivity contribution < 1.29 is 9.59 Å². The molecule has 0 bridgehead atoms. The van der Waals surface area contributed by atoms with Crippen molar-refractivity contribution >= 4 is 33.8 Å². The maximum Gasteiger partial charge on any atom is 0.287 e. The molecule has 2 amide bonds. The van der Waals surface area contributed by atoms with Crippen LogP contribution in [0.4, 0.5) is 0 Å². The monoisotopic (exact) mass is 493 g/mol. The summed E-state index contributed by atoms with van der Waals surface area (Å²) in [6.45, 7) is 0.438. The molecule has 1 atom stereocenters. The van der Waals surface area contributed by atoms with Crippen molar-refractivity contribution in [3.63, 3.8) is 0 Å². The standard InChI is InChI=1S/C30H31N5O2/c1-34(30(37)24-11-8-13-25-23(24)18-20-31-25)22(16-15-21-9-4-3-5-10-21)17-19-32-29(36)28-33-26-12-6-7-14-27(26)35(28)2/h3-14,18,20,22,31H,15-17,19H2,1-2H3,(H,32,36). The van der Waals surface area contributed by atoms with Crippen molar-refractivity contribution in [1.29, 1.82) is 0 Å². The number of imidazole rings is 1. The van der Waals surface area contributed by atoms with Gasteiger partial charge in [-0.25, -0.2) is 4.98 Å². The molecule has 7 heteroatoms. The van der Waals surface area contributed by atoms with Gasteiger partial charge in [-0.15, -0.1) is 0 Å². The molecule has 0 aliphatic carbocycles. The summed E-state index contributed by atoms with van der Waals surface area (Å²) in [4.78, 5) is 36.0. The molecule has 2 aromatic heterocycles. The van der Waals surface area contributed by atoms with Gasteiger partial charge in [-0.1, -0.05) is 48.5 Å². The number of para-hydroxylation sites is 2. The zero-order chi connectivity index (χ0) is 25.8. The van der Waals surface area contributed by atoms with Gasteiger partial charge in [-0.2, -0.15) is 0 Å². The number of hydrogen-bond acceptors (Lipinski definition) is 3. The molecule has 1 unspecified atom stereocenters. The Kier molecular flexibility index (Phi) is 7.03. The molecular formula is C30H31N5O2. The summed E-state index contributed by atoms with van der Waals surface area (Å²) in [6.07, 6.45) is 4.12. The van der Waals surface area contributed by atoms with Crippen LogP contribution in [0.5, 0.6) is 0 Å². The van der Waals surface area contributed by atoms with Crippen LogP contribution < -0.4 is 5.32 Å². The number of aromatic amines is 1. The van der Waals surface area contributed by atoms with Crippen LogP contribution in [-0.2, 0) is 13.5 Å². The summed E-state index contributed by atoms with van der Waals surface area (Å²) >= 11 is 0. The molecule has 0 saturated heterocycles. The van der Waals surface area contributed by atoms with Crippen molar-refractivity contribution in [2.75, 3.05) is 13.6 Å². The first kappa shape index (κ1) is 24.3. The van der Waals surface area contributed by atoms with Gasteiger partial charge in [0.1, 0.15) is 0 Å². The number of rotatable bonds is 9. The van der Waals surface area contributed by atoms with Crippen molar-refractivity contribution in [2.24, 2.45) is 7.05 Å². The lowest BCUT2D eigenvalue weighted by Gasteiger charge is -2.29. The van der Waals surface area contributed by atoms with Crippen LogP contribution in [0.1, 0.15) is 39.4 Å². The molecule has 7 nitrogen and oxygen atoms in total. The Morgan fingerprint density at radius 3 is 2.57 bits per heavy atom. The highest BCUT2D eigenvalue weighted by Gasteiger charge is 2.23. The Morgan fingerprint density at radius 1 is 0.973 bits per heavy atom. The third-order valence-corrected chi connectivity index (χ3v) is 7.06. The maximum atomic E-state index is 13.6. The van der Waals surface area contributed by atoms with Crippen LogP contribution in [0.25, 0.3) is 21.9 Å². The van der Waals surface area contributed by atoms with E-state index in [9.17, 15) is 9.59 Å². The second-order valence-corrected chi connectivity index (χ2v) is 9.37. The highest BCUT2D eigenvalue weighted by molar-refractivity contribution is 6.06. The van der Waals surface area contributed by atoms with Crippen LogP contribution >= 0.6 is 0 Å². The van der Waals surface area contributed by atoms with Gasteiger partial charge >= 0.3 is 0 Å². The molecule has 0 radical (unpaired) electrons. The van der Waals surface area contributed by atoms with Gasteiger partial charge in [0, 0.05) is 49.3 Å². The Bertz CT molecular complexity index is 1540. The number of nitrogens with one attached hydrogen (secondary N) is 2. The van der Waals surface area contributed by atoms with E-state index in [0.717, 1.165) is 34.8 Å². The number of aromatic nitrogens is 3. The van der Waals surface area contributed by atoms with Crippen LogP contribution in [0.15, 0.2) is 85.1 Å². The lowest BCUT2D eigenvalue weighted by Crippen LogP contribution is -2.40. The topological polar surface area (TPSA) is 83.0 Å². The highest BCUT2D eigenvalue weighted by atomic mass is 16.2. The van der Waals surface area contributed by atoms with Gasteiger partial charge in [0.2, 0.25) is 0 Å². The molecule has 0 fully saturated rings. The molecule has 0 spiro atoms. The maximum absolute atomic E-state index is 13.6. The number of benzene rings is 3. The third kappa shape index (κ3) is 5.11. The average molecular weight is 494 g/mol. The molecular weight excluding hydrogens is 462 g/mol. The Balaban J connectivity index is 1.30. The summed E-state index contributed by atoms with van der Waals surface area (Å²) in [5.41, 5.74) is 4.55. The van der Waals surface area contributed by atoms with Gasteiger partial charge in [0.05, 0.1) is 11.0 Å². The van der Waals surface area contributed by atoms with E-state index in [2.05, 4.69) is 27.4 Å². The number of amides is 2. The molecule has 3 aromatic carbocycles. The first-order valence-corrected chi connectivity index (χ1v) is 12.6. The molecule has 0 aliphatic heterocycles. The van der Waals surface area contributed by atoms with Gasteiger partial charge < -0.3 is 19.8 Å². The Labute approximate surface area is 216 Å². The number of nitrogens with zero attached hydrogens (tertiary/aromatic N) is 3. The molecule has 5 rings (SSSR count). The number of fused-ring (bicyclic) bond motifs is 2. The SMILES string of the molecule is CN(C(=O)c1cccc2[nH]ccc12)C(CCNC(=O)c1nc2ccccc2n1C)CCc1ccccc1. The summed E-state index contributed by atoms with van der Waals surface area (Å²) in [5.74, 6) is 0.141. The smallest absolute Gasteiger partial charge is 0.287 e. The molecule has 2 heterocycles. The van der Waals surface area contributed by atoms with Crippen LogP contribution in [0, 0.1) is 0 Å². The molecule has 0 saturated carbocycles. The van der Waals surface area contributed by atoms with Crippen molar-refractivity contribution in [2.45, 2.75) is 25.3 Å². The van der Waals surface area contributed by atoms with Gasteiger partial charge in [-0.3, -0.25) is 9.59 Å². The minimum Gasteiger partial charge on any atom is -0.361 e. The first-order valence-electron chi connectivity index (χ1n) is 12.6.